The van der Waals surface area contributed by atoms with E-state index in [1.54, 1.807) is 6.20 Å². The Bertz CT molecular complexity index is 544. The third-order valence-electron chi connectivity index (χ3n) is 3.60. The van der Waals surface area contributed by atoms with Gasteiger partial charge in [-0.05, 0) is 36.8 Å². The summed E-state index contributed by atoms with van der Waals surface area (Å²) in [6, 6.07) is 2.98. The molecule has 0 saturated heterocycles. The van der Waals surface area contributed by atoms with E-state index >= 15 is 0 Å². The standard InChI is InChI=1S/C14H18ClN3S/c1-11-4-7-19-14(11)10-17(13-2-3-13)5-6-18-9-12(15)8-16-18/h4,7-9,13H,2-3,5-6,10H2,1H3. The van der Waals surface area contributed by atoms with Crippen molar-refractivity contribution >= 4 is 22.9 Å². The number of aryl methyl sites for hydroxylation is 1. The molecule has 0 bridgehead atoms. The number of aromatic nitrogens is 2. The van der Waals surface area contributed by atoms with Crippen LogP contribution in [0.3, 0.4) is 0 Å². The van der Waals surface area contributed by atoms with E-state index in [2.05, 4.69) is 28.4 Å². The third kappa shape index (κ3) is 3.38. The molecular formula is C14H18ClN3S. The molecule has 1 aliphatic carbocycles. The third-order valence-corrected chi connectivity index (χ3v) is 4.80. The van der Waals surface area contributed by atoms with Crippen LogP contribution in [-0.4, -0.2) is 27.3 Å². The first kappa shape index (κ1) is 13.2. The monoisotopic (exact) mass is 295 g/mol. The van der Waals surface area contributed by atoms with Gasteiger partial charge in [0.25, 0.3) is 0 Å². The van der Waals surface area contributed by atoms with E-state index in [9.17, 15) is 0 Å². The molecule has 0 spiro atoms. The SMILES string of the molecule is Cc1ccsc1CN(CCn1cc(Cl)cn1)C1CC1. The molecule has 3 rings (SSSR count). The fourth-order valence-electron chi connectivity index (χ4n) is 2.27. The minimum Gasteiger partial charge on any atom is -0.293 e. The Balaban J connectivity index is 1.60. The summed E-state index contributed by atoms with van der Waals surface area (Å²) in [5.74, 6) is 0. The summed E-state index contributed by atoms with van der Waals surface area (Å²) >= 11 is 7.75. The summed E-state index contributed by atoms with van der Waals surface area (Å²) in [5, 5.41) is 7.14. The molecule has 2 heterocycles. The topological polar surface area (TPSA) is 21.1 Å². The van der Waals surface area contributed by atoms with E-state index in [4.69, 9.17) is 11.6 Å². The van der Waals surface area contributed by atoms with Crippen LogP contribution in [0, 0.1) is 6.92 Å². The van der Waals surface area contributed by atoms with Crippen LogP contribution in [0.15, 0.2) is 23.8 Å². The molecule has 0 atom stereocenters. The predicted octanol–water partition coefficient (Wildman–Crippen LogP) is 3.57. The molecule has 0 radical (unpaired) electrons. The minimum atomic E-state index is 0.715. The number of hydrogen-bond donors (Lipinski definition) is 0. The quantitative estimate of drug-likeness (QED) is 0.812. The smallest absolute Gasteiger partial charge is 0.0785 e. The van der Waals surface area contributed by atoms with E-state index < -0.39 is 0 Å². The molecule has 1 aliphatic rings. The van der Waals surface area contributed by atoms with Gasteiger partial charge in [-0.3, -0.25) is 9.58 Å². The van der Waals surface area contributed by atoms with Crippen LogP contribution in [0.25, 0.3) is 0 Å². The zero-order chi connectivity index (χ0) is 13.2. The normalized spacial score (nSPS) is 15.3. The Morgan fingerprint density at radius 3 is 2.95 bits per heavy atom. The number of hydrogen-bond acceptors (Lipinski definition) is 3. The summed E-state index contributed by atoms with van der Waals surface area (Å²) in [4.78, 5) is 4.07. The lowest BCUT2D eigenvalue weighted by Crippen LogP contribution is -2.29. The van der Waals surface area contributed by atoms with Crippen molar-refractivity contribution in [2.45, 2.75) is 38.9 Å². The zero-order valence-electron chi connectivity index (χ0n) is 11.1. The van der Waals surface area contributed by atoms with Gasteiger partial charge in [0.15, 0.2) is 0 Å². The second-order valence-corrected chi connectivity index (χ2v) is 6.59. The van der Waals surface area contributed by atoms with Crippen molar-refractivity contribution in [3.63, 3.8) is 0 Å². The lowest BCUT2D eigenvalue weighted by atomic mass is 10.2. The molecule has 0 aliphatic heterocycles. The number of thiophene rings is 1. The Morgan fingerprint density at radius 1 is 1.53 bits per heavy atom. The van der Waals surface area contributed by atoms with Gasteiger partial charge in [0.05, 0.1) is 17.8 Å². The van der Waals surface area contributed by atoms with E-state index in [1.807, 2.05) is 22.2 Å². The van der Waals surface area contributed by atoms with Crippen LogP contribution >= 0.6 is 22.9 Å². The van der Waals surface area contributed by atoms with Crippen molar-refractivity contribution in [1.29, 1.82) is 0 Å². The molecule has 5 heteroatoms. The Hall–Kier alpha value is -0.840. The predicted molar refractivity (Wildman–Crippen MR) is 79.7 cm³/mol. The first-order valence-electron chi connectivity index (χ1n) is 6.67. The highest BCUT2D eigenvalue weighted by molar-refractivity contribution is 7.10. The van der Waals surface area contributed by atoms with Gasteiger partial charge in [-0.15, -0.1) is 11.3 Å². The van der Waals surface area contributed by atoms with E-state index in [1.165, 1.54) is 23.3 Å². The Labute approximate surface area is 122 Å². The van der Waals surface area contributed by atoms with Crippen LogP contribution in [0.1, 0.15) is 23.3 Å². The molecule has 0 amide bonds. The lowest BCUT2D eigenvalue weighted by molar-refractivity contribution is 0.242. The fraction of sp³-hybridized carbons (Fsp3) is 0.500. The largest absolute Gasteiger partial charge is 0.293 e. The lowest BCUT2D eigenvalue weighted by Gasteiger charge is -2.21. The second-order valence-electron chi connectivity index (χ2n) is 5.15. The van der Waals surface area contributed by atoms with Gasteiger partial charge in [0, 0.05) is 30.2 Å². The summed E-state index contributed by atoms with van der Waals surface area (Å²) in [6.07, 6.45) is 6.27. The number of halogens is 1. The molecule has 102 valence electrons. The van der Waals surface area contributed by atoms with E-state index in [-0.39, 0.29) is 0 Å². The molecule has 1 fully saturated rings. The average Bonchev–Trinajstić information content (AvgIpc) is 3.04. The van der Waals surface area contributed by atoms with Gasteiger partial charge in [-0.2, -0.15) is 5.10 Å². The van der Waals surface area contributed by atoms with Crippen LogP contribution < -0.4 is 0 Å². The summed E-state index contributed by atoms with van der Waals surface area (Å²) in [6.45, 7) is 5.22. The Morgan fingerprint density at radius 2 is 2.37 bits per heavy atom. The molecule has 2 aromatic rings. The van der Waals surface area contributed by atoms with E-state index in [0.29, 0.717) is 5.02 Å². The molecule has 0 unspecified atom stereocenters. The van der Waals surface area contributed by atoms with Gasteiger partial charge in [0.1, 0.15) is 0 Å². The second kappa shape index (κ2) is 5.65. The highest BCUT2D eigenvalue weighted by Crippen LogP contribution is 2.30. The van der Waals surface area contributed by atoms with Crippen LogP contribution in [-0.2, 0) is 13.1 Å². The molecule has 0 aromatic carbocycles. The van der Waals surface area contributed by atoms with Crippen molar-refractivity contribution in [3.05, 3.63) is 39.3 Å². The van der Waals surface area contributed by atoms with Gasteiger partial charge in [-0.25, -0.2) is 0 Å². The molecule has 19 heavy (non-hydrogen) atoms. The van der Waals surface area contributed by atoms with Crippen molar-refractivity contribution in [3.8, 4) is 0 Å². The molecule has 3 nitrogen and oxygen atoms in total. The maximum absolute atomic E-state index is 5.89. The minimum absolute atomic E-state index is 0.715. The first-order chi connectivity index (χ1) is 9.22. The molecule has 1 saturated carbocycles. The van der Waals surface area contributed by atoms with Crippen molar-refractivity contribution in [1.82, 2.24) is 14.7 Å². The van der Waals surface area contributed by atoms with Crippen LogP contribution in [0.4, 0.5) is 0 Å². The van der Waals surface area contributed by atoms with Crippen molar-refractivity contribution in [2.75, 3.05) is 6.54 Å². The fourth-order valence-corrected chi connectivity index (χ4v) is 3.36. The van der Waals surface area contributed by atoms with Gasteiger partial charge in [-0.1, -0.05) is 11.6 Å². The van der Waals surface area contributed by atoms with Crippen molar-refractivity contribution < 1.29 is 0 Å². The molecule has 2 aromatic heterocycles. The highest BCUT2D eigenvalue weighted by atomic mass is 35.5. The zero-order valence-corrected chi connectivity index (χ0v) is 12.6. The first-order valence-corrected chi connectivity index (χ1v) is 7.93. The van der Waals surface area contributed by atoms with Gasteiger partial charge < -0.3 is 0 Å². The van der Waals surface area contributed by atoms with Gasteiger partial charge >= 0.3 is 0 Å². The van der Waals surface area contributed by atoms with Crippen LogP contribution in [0.2, 0.25) is 5.02 Å². The Kier molecular flexibility index (Phi) is 3.91. The molecular weight excluding hydrogens is 278 g/mol. The maximum Gasteiger partial charge on any atom is 0.0785 e. The molecule has 0 N–H and O–H groups in total. The number of rotatable bonds is 6. The van der Waals surface area contributed by atoms with E-state index in [0.717, 1.165) is 25.7 Å². The summed E-state index contributed by atoms with van der Waals surface area (Å²) < 4.78 is 1.93. The van der Waals surface area contributed by atoms with Crippen molar-refractivity contribution in [2.24, 2.45) is 0 Å². The van der Waals surface area contributed by atoms with Crippen LogP contribution in [0.5, 0.6) is 0 Å². The summed E-state index contributed by atoms with van der Waals surface area (Å²) in [5.41, 5.74) is 1.41. The highest BCUT2D eigenvalue weighted by Gasteiger charge is 2.29. The number of nitrogens with zero attached hydrogens (tertiary/aromatic N) is 3. The van der Waals surface area contributed by atoms with Gasteiger partial charge in [0.2, 0.25) is 0 Å². The summed E-state index contributed by atoms with van der Waals surface area (Å²) in [7, 11) is 0. The average molecular weight is 296 g/mol. The maximum atomic E-state index is 5.89.